The van der Waals surface area contributed by atoms with Crippen LogP contribution in [0.4, 0.5) is 0 Å². The Morgan fingerprint density at radius 3 is 1.59 bits per heavy atom. The summed E-state index contributed by atoms with van der Waals surface area (Å²) in [7, 11) is 2.32. The Morgan fingerprint density at radius 1 is 0.765 bits per heavy atom. The molecule has 0 aromatic heterocycles. The molecule has 79 valence electrons. The fourth-order valence-corrected chi connectivity index (χ4v) is 2.36. The molecule has 2 aromatic carbocycles. The predicted octanol–water partition coefficient (Wildman–Crippen LogP) is 2.75. The molecule has 0 aliphatic carbocycles. The average molecular weight is 215 g/mol. The van der Waals surface area contributed by atoms with Gasteiger partial charge >= 0.3 is 103 Å². The van der Waals surface area contributed by atoms with Crippen molar-refractivity contribution >= 4 is 19.6 Å². The quantitative estimate of drug-likeness (QED) is 0.690. The summed E-state index contributed by atoms with van der Waals surface area (Å²) in [5, 5.41) is 1.45. The molecule has 3 rings (SSSR count). The van der Waals surface area contributed by atoms with Crippen molar-refractivity contribution < 1.29 is 0 Å². The van der Waals surface area contributed by atoms with Gasteiger partial charge in [0, 0.05) is 0 Å². The first kappa shape index (κ1) is 10.6. The van der Waals surface area contributed by atoms with Gasteiger partial charge in [-0.1, -0.05) is 0 Å². The van der Waals surface area contributed by atoms with Gasteiger partial charge in [-0.25, -0.2) is 0 Å². The van der Waals surface area contributed by atoms with Gasteiger partial charge in [-0.15, -0.1) is 0 Å². The maximum absolute atomic E-state index is 2.32. The number of benzene rings is 2. The fraction of sp³-hybridized carbons (Fsp3) is 0.133. The van der Waals surface area contributed by atoms with Crippen molar-refractivity contribution in [2.75, 3.05) is 0 Å². The Bertz CT molecular complexity index is 478. The van der Waals surface area contributed by atoms with E-state index in [9.17, 15) is 0 Å². The van der Waals surface area contributed by atoms with E-state index in [1.54, 1.807) is 0 Å². The van der Waals surface area contributed by atoms with Gasteiger partial charge in [0.2, 0.25) is 0 Å². The Morgan fingerprint density at radius 2 is 1.24 bits per heavy atom. The summed E-state index contributed by atoms with van der Waals surface area (Å²) in [6.07, 6.45) is 1.12. The van der Waals surface area contributed by atoms with Gasteiger partial charge in [0.1, 0.15) is 0 Å². The molecule has 0 spiro atoms. The molecule has 0 saturated carbocycles. The Kier molecular flexibility index (Phi) is 2.96. The minimum atomic E-state index is 0.408. The van der Waals surface area contributed by atoms with Gasteiger partial charge in [-0.2, -0.15) is 0 Å². The van der Waals surface area contributed by atoms with E-state index < -0.39 is 0 Å². The summed E-state index contributed by atoms with van der Waals surface area (Å²) in [4.78, 5) is 0. The molecule has 2 aromatic rings. The van der Waals surface area contributed by atoms with E-state index in [-0.39, 0.29) is 0 Å². The first-order valence-corrected chi connectivity index (χ1v) is 6.08. The molecule has 0 N–H and O–H groups in total. The monoisotopic (exact) mass is 215 g/mol. The van der Waals surface area contributed by atoms with Gasteiger partial charge < -0.3 is 0 Å². The molecule has 0 amide bonds. The van der Waals surface area contributed by atoms with Crippen molar-refractivity contribution in [3.63, 3.8) is 0 Å². The van der Waals surface area contributed by atoms with Crippen molar-refractivity contribution in [3.05, 3.63) is 71.8 Å². The standard InChI is InChI=1S/C15H13B2/c1-3-7-12(8-4-1)14(15-16-11-17-15)13-9-5-2-6-10-13/h1-10,14H,11H2. The fourth-order valence-electron chi connectivity index (χ4n) is 2.36. The SMILES string of the molecule is [B]1CB=C1C(c1ccccc1)c1ccccc1. The third-order valence-corrected chi connectivity index (χ3v) is 3.31. The first-order chi connectivity index (χ1) is 8.45. The van der Waals surface area contributed by atoms with Gasteiger partial charge in [-0.3, -0.25) is 0 Å². The molecule has 0 fully saturated rings. The minimum absolute atomic E-state index is 0.408. The second kappa shape index (κ2) is 4.75. The average Bonchev–Trinajstić information content (AvgIpc) is 2.36. The number of hydrogen-bond acceptors (Lipinski definition) is 0. The van der Waals surface area contributed by atoms with Gasteiger partial charge in [-0.05, 0) is 0 Å². The second-order valence-electron chi connectivity index (χ2n) is 4.40. The molecule has 0 saturated heterocycles. The van der Waals surface area contributed by atoms with Crippen LogP contribution in [0.5, 0.6) is 0 Å². The molecule has 0 nitrogen and oxygen atoms in total. The summed E-state index contributed by atoms with van der Waals surface area (Å²) >= 11 is 0. The van der Waals surface area contributed by atoms with E-state index in [2.05, 4.69) is 74.9 Å². The summed E-state index contributed by atoms with van der Waals surface area (Å²) in [5.41, 5.74) is 2.75. The van der Waals surface area contributed by atoms with Crippen LogP contribution in [0.3, 0.4) is 0 Å². The zero-order chi connectivity index (χ0) is 11.5. The third-order valence-electron chi connectivity index (χ3n) is 3.31. The van der Waals surface area contributed by atoms with Crippen molar-refractivity contribution in [2.45, 2.75) is 12.1 Å². The Balaban J connectivity index is 2.04. The van der Waals surface area contributed by atoms with Crippen LogP contribution in [-0.4, -0.2) is 19.6 Å². The van der Waals surface area contributed by atoms with Crippen LogP contribution < -0.4 is 0 Å². The van der Waals surface area contributed by atoms with E-state index in [0.29, 0.717) is 5.92 Å². The van der Waals surface area contributed by atoms with E-state index in [1.807, 2.05) is 0 Å². The molecular formula is C15H13B2. The van der Waals surface area contributed by atoms with Crippen LogP contribution in [0.25, 0.3) is 0 Å². The van der Waals surface area contributed by atoms with Crippen LogP contribution >= 0.6 is 0 Å². The molecule has 1 heterocycles. The second-order valence-corrected chi connectivity index (χ2v) is 4.40. The first-order valence-electron chi connectivity index (χ1n) is 6.08. The van der Waals surface area contributed by atoms with E-state index in [1.165, 1.54) is 16.5 Å². The van der Waals surface area contributed by atoms with E-state index in [0.717, 1.165) is 6.22 Å². The molecular weight excluding hydrogens is 202 g/mol. The normalized spacial score (nSPS) is 13.4. The van der Waals surface area contributed by atoms with Crippen molar-refractivity contribution in [1.29, 1.82) is 0 Å². The summed E-state index contributed by atoms with van der Waals surface area (Å²) in [6, 6.07) is 21.5. The van der Waals surface area contributed by atoms with Gasteiger partial charge in [0.05, 0.1) is 0 Å². The van der Waals surface area contributed by atoms with Gasteiger partial charge in [0.25, 0.3) is 0 Å². The third kappa shape index (κ3) is 2.12. The van der Waals surface area contributed by atoms with Crippen LogP contribution in [0.2, 0.25) is 6.22 Å². The summed E-state index contributed by atoms with van der Waals surface area (Å²) < 4.78 is 0. The summed E-state index contributed by atoms with van der Waals surface area (Å²) in [6.45, 7) is 2.32. The Labute approximate surface area is 104 Å². The number of rotatable bonds is 3. The number of hydrogen-bond donors (Lipinski definition) is 0. The van der Waals surface area contributed by atoms with Crippen molar-refractivity contribution in [2.24, 2.45) is 0 Å². The maximum atomic E-state index is 2.32. The van der Waals surface area contributed by atoms with Crippen LogP contribution in [0.15, 0.2) is 60.7 Å². The summed E-state index contributed by atoms with van der Waals surface area (Å²) in [5.74, 6) is 0.408. The van der Waals surface area contributed by atoms with Gasteiger partial charge in [0.15, 0.2) is 0 Å². The molecule has 2 heteroatoms. The van der Waals surface area contributed by atoms with Crippen LogP contribution in [0, 0.1) is 0 Å². The zero-order valence-corrected chi connectivity index (χ0v) is 9.71. The molecule has 0 bridgehead atoms. The predicted molar refractivity (Wildman–Crippen MR) is 76.0 cm³/mol. The topological polar surface area (TPSA) is 0 Å². The van der Waals surface area contributed by atoms with Crippen LogP contribution in [0.1, 0.15) is 17.0 Å². The Hall–Kier alpha value is -1.56. The molecule has 17 heavy (non-hydrogen) atoms. The molecule has 1 aliphatic heterocycles. The van der Waals surface area contributed by atoms with Crippen molar-refractivity contribution in [3.8, 4) is 0 Å². The zero-order valence-electron chi connectivity index (χ0n) is 9.71. The van der Waals surface area contributed by atoms with E-state index >= 15 is 0 Å². The molecule has 0 atom stereocenters. The molecule has 1 aliphatic rings. The van der Waals surface area contributed by atoms with E-state index in [4.69, 9.17) is 0 Å². The van der Waals surface area contributed by atoms with Crippen molar-refractivity contribution in [1.82, 2.24) is 0 Å². The molecule has 1 radical (unpaired) electrons. The molecule has 0 unspecified atom stereocenters. The van der Waals surface area contributed by atoms with Crippen LogP contribution in [-0.2, 0) is 0 Å².